The minimum Gasteiger partial charge on any atom is -0.497 e. The molecule has 4 aromatic rings. The van der Waals surface area contributed by atoms with E-state index in [1.807, 2.05) is 66.0 Å². The van der Waals surface area contributed by atoms with Crippen LogP contribution in [0.5, 0.6) is 11.5 Å². The number of thiazole rings is 1. The maximum absolute atomic E-state index is 13.0. The second-order valence-electron chi connectivity index (χ2n) is 6.40. The molecule has 0 bridgehead atoms. The summed E-state index contributed by atoms with van der Waals surface area (Å²) in [5.74, 6) is 1.89. The van der Waals surface area contributed by atoms with Gasteiger partial charge < -0.3 is 13.9 Å². The van der Waals surface area contributed by atoms with Crippen LogP contribution in [0, 0.1) is 0 Å². The number of carbonyl (C=O) groups excluding carboxylic acids is 1. The predicted molar refractivity (Wildman–Crippen MR) is 116 cm³/mol. The zero-order chi connectivity index (χ0) is 20.8. The Morgan fingerprint density at radius 1 is 1.03 bits per heavy atom. The summed E-state index contributed by atoms with van der Waals surface area (Å²) < 4.78 is 16.3. The molecule has 0 N–H and O–H groups in total. The summed E-state index contributed by atoms with van der Waals surface area (Å²) in [5, 5.41) is 2.51. The molecule has 2 aromatic carbocycles. The Bertz CT molecular complexity index is 1080. The van der Waals surface area contributed by atoms with Gasteiger partial charge in [-0.15, -0.1) is 11.3 Å². The molecular weight excluding hydrogens is 400 g/mol. The minimum absolute atomic E-state index is 0.0951. The predicted octanol–water partition coefficient (Wildman–Crippen LogP) is 5.02. The fourth-order valence-corrected chi connectivity index (χ4v) is 3.69. The first-order valence-electron chi connectivity index (χ1n) is 9.33. The van der Waals surface area contributed by atoms with Gasteiger partial charge in [-0.3, -0.25) is 9.69 Å². The zero-order valence-electron chi connectivity index (χ0n) is 16.4. The molecule has 0 unspecified atom stereocenters. The van der Waals surface area contributed by atoms with Crippen molar-refractivity contribution >= 4 is 22.4 Å². The quantitative estimate of drug-likeness (QED) is 0.400. The van der Waals surface area contributed by atoms with Gasteiger partial charge in [0.25, 0.3) is 5.91 Å². The fraction of sp³-hybridized carbons (Fsp3) is 0.130. The summed E-state index contributed by atoms with van der Waals surface area (Å²) in [6.45, 7) is 0.182. The Labute approximate surface area is 178 Å². The molecule has 30 heavy (non-hydrogen) atoms. The van der Waals surface area contributed by atoms with Gasteiger partial charge in [-0.1, -0.05) is 18.2 Å². The van der Waals surface area contributed by atoms with E-state index in [1.54, 1.807) is 24.3 Å². The molecule has 0 saturated carbocycles. The molecule has 1 amide bonds. The topological polar surface area (TPSA) is 64.8 Å². The first kappa shape index (κ1) is 19.7. The third-order valence-electron chi connectivity index (χ3n) is 4.41. The van der Waals surface area contributed by atoms with E-state index >= 15 is 0 Å². The molecule has 2 aromatic heterocycles. The van der Waals surface area contributed by atoms with Crippen LogP contribution < -0.4 is 14.4 Å². The van der Waals surface area contributed by atoms with E-state index in [9.17, 15) is 4.79 Å². The van der Waals surface area contributed by atoms with Gasteiger partial charge in [-0.2, -0.15) is 0 Å². The van der Waals surface area contributed by atoms with Crippen LogP contribution in [0.4, 0.5) is 5.13 Å². The highest BCUT2D eigenvalue weighted by atomic mass is 32.1. The number of methoxy groups -OCH3 is 1. The van der Waals surface area contributed by atoms with Gasteiger partial charge in [-0.05, 0) is 48.5 Å². The number of furan rings is 1. The monoisotopic (exact) mass is 420 g/mol. The van der Waals surface area contributed by atoms with Crippen LogP contribution >= 0.6 is 11.3 Å². The van der Waals surface area contributed by atoms with E-state index < -0.39 is 0 Å². The van der Waals surface area contributed by atoms with Crippen molar-refractivity contribution in [1.82, 2.24) is 4.98 Å². The van der Waals surface area contributed by atoms with Crippen molar-refractivity contribution < 1.29 is 18.7 Å². The summed E-state index contributed by atoms with van der Waals surface area (Å²) in [6.07, 6.45) is 1.59. The van der Waals surface area contributed by atoms with Crippen LogP contribution in [0.15, 0.2) is 82.8 Å². The molecule has 0 radical (unpaired) electrons. The average Bonchev–Trinajstić information content (AvgIpc) is 3.49. The number of benzene rings is 2. The summed E-state index contributed by atoms with van der Waals surface area (Å²) in [4.78, 5) is 19.2. The number of aromatic nitrogens is 1. The van der Waals surface area contributed by atoms with Crippen molar-refractivity contribution in [3.8, 4) is 22.8 Å². The molecule has 0 aliphatic rings. The highest BCUT2D eigenvalue weighted by Gasteiger charge is 2.22. The first-order valence-corrected chi connectivity index (χ1v) is 10.2. The van der Waals surface area contributed by atoms with Crippen LogP contribution in [-0.4, -0.2) is 24.6 Å². The van der Waals surface area contributed by atoms with Gasteiger partial charge in [0.15, 0.2) is 11.7 Å². The zero-order valence-corrected chi connectivity index (χ0v) is 17.2. The number of hydrogen-bond donors (Lipinski definition) is 0. The summed E-state index contributed by atoms with van der Waals surface area (Å²) in [6, 6.07) is 20.5. The molecule has 6 nitrogen and oxygen atoms in total. The average molecular weight is 420 g/mol. The van der Waals surface area contributed by atoms with Crippen molar-refractivity contribution in [2.24, 2.45) is 0 Å². The van der Waals surface area contributed by atoms with Crippen molar-refractivity contribution in [1.29, 1.82) is 0 Å². The Morgan fingerprint density at radius 3 is 2.53 bits per heavy atom. The number of amides is 1. The standard InChI is InChI=1S/C23H20N2O4S/c1-27-18-11-9-17(10-12-18)21-16-30-23(24-21)25(14-20-8-5-13-28-20)22(26)15-29-19-6-3-2-4-7-19/h2-13,16H,14-15H2,1H3. The van der Waals surface area contributed by atoms with Gasteiger partial charge in [0.1, 0.15) is 17.3 Å². The third-order valence-corrected chi connectivity index (χ3v) is 5.27. The molecule has 4 rings (SSSR count). The van der Waals surface area contributed by atoms with Crippen molar-refractivity contribution in [3.63, 3.8) is 0 Å². The maximum Gasteiger partial charge on any atom is 0.267 e. The smallest absolute Gasteiger partial charge is 0.267 e. The van der Waals surface area contributed by atoms with Crippen LogP contribution in [0.2, 0.25) is 0 Å². The summed E-state index contributed by atoms with van der Waals surface area (Å²) in [5.41, 5.74) is 1.74. The third kappa shape index (κ3) is 4.69. The van der Waals surface area contributed by atoms with E-state index in [-0.39, 0.29) is 19.1 Å². The number of hydrogen-bond acceptors (Lipinski definition) is 6. The molecule has 0 spiro atoms. The van der Waals surface area contributed by atoms with Gasteiger partial charge in [0.05, 0.1) is 25.6 Å². The van der Waals surface area contributed by atoms with Gasteiger partial charge in [0.2, 0.25) is 0 Å². The van der Waals surface area contributed by atoms with Gasteiger partial charge in [0, 0.05) is 10.9 Å². The first-order chi connectivity index (χ1) is 14.7. The lowest BCUT2D eigenvalue weighted by molar-refractivity contribution is -0.120. The number of rotatable bonds is 8. The van der Waals surface area contributed by atoms with Crippen LogP contribution in [0.25, 0.3) is 11.3 Å². The second kappa shape index (κ2) is 9.28. The number of ether oxygens (including phenoxy) is 2. The van der Waals surface area contributed by atoms with Gasteiger partial charge in [-0.25, -0.2) is 4.98 Å². The van der Waals surface area contributed by atoms with Crippen LogP contribution in [-0.2, 0) is 11.3 Å². The highest BCUT2D eigenvalue weighted by Crippen LogP contribution is 2.29. The Hall–Kier alpha value is -3.58. The number of anilines is 1. The molecule has 7 heteroatoms. The second-order valence-corrected chi connectivity index (χ2v) is 7.24. The molecule has 0 aliphatic heterocycles. The molecule has 0 fully saturated rings. The Balaban J connectivity index is 1.54. The van der Waals surface area contributed by atoms with E-state index in [2.05, 4.69) is 4.98 Å². The Kier molecular flexibility index (Phi) is 6.10. The maximum atomic E-state index is 13.0. The molecule has 2 heterocycles. The largest absolute Gasteiger partial charge is 0.497 e. The van der Waals surface area contributed by atoms with Crippen molar-refractivity contribution in [3.05, 3.63) is 84.1 Å². The van der Waals surface area contributed by atoms with E-state index in [0.29, 0.717) is 16.6 Å². The van der Waals surface area contributed by atoms with E-state index in [0.717, 1.165) is 17.0 Å². The van der Waals surface area contributed by atoms with Crippen LogP contribution in [0.1, 0.15) is 5.76 Å². The lowest BCUT2D eigenvalue weighted by Crippen LogP contribution is -2.34. The number of carbonyl (C=O) groups is 1. The van der Waals surface area contributed by atoms with Gasteiger partial charge >= 0.3 is 0 Å². The molecule has 0 aliphatic carbocycles. The molecular formula is C23H20N2O4S. The highest BCUT2D eigenvalue weighted by molar-refractivity contribution is 7.14. The van der Waals surface area contributed by atoms with E-state index in [1.165, 1.54) is 11.3 Å². The lowest BCUT2D eigenvalue weighted by atomic mass is 10.2. The van der Waals surface area contributed by atoms with Crippen molar-refractivity contribution in [2.75, 3.05) is 18.6 Å². The normalized spacial score (nSPS) is 10.6. The van der Waals surface area contributed by atoms with E-state index in [4.69, 9.17) is 13.9 Å². The van der Waals surface area contributed by atoms with Crippen LogP contribution in [0.3, 0.4) is 0 Å². The minimum atomic E-state index is -0.203. The lowest BCUT2D eigenvalue weighted by Gasteiger charge is -2.19. The summed E-state index contributed by atoms with van der Waals surface area (Å²) in [7, 11) is 1.63. The number of nitrogens with zero attached hydrogens (tertiary/aromatic N) is 2. The molecule has 0 atom stereocenters. The fourth-order valence-electron chi connectivity index (χ4n) is 2.84. The number of para-hydroxylation sites is 1. The Morgan fingerprint density at radius 2 is 1.83 bits per heavy atom. The SMILES string of the molecule is COc1ccc(-c2csc(N(Cc3ccco3)C(=O)COc3ccccc3)n2)cc1. The molecule has 0 saturated heterocycles. The van der Waals surface area contributed by atoms with Crippen molar-refractivity contribution in [2.45, 2.75) is 6.54 Å². The summed E-state index contributed by atoms with van der Waals surface area (Å²) >= 11 is 1.40. The molecule has 152 valence electrons.